The number of carbonyl (C=O) groups is 1. The van der Waals surface area contributed by atoms with Gasteiger partial charge in [-0.2, -0.15) is 0 Å². The molecule has 12 nitrogen and oxygen atoms in total. The Morgan fingerprint density at radius 2 is 1.91 bits per heavy atom. The molecule has 2 fully saturated rings. The summed E-state index contributed by atoms with van der Waals surface area (Å²) in [5.41, 5.74) is 0.237. The van der Waals surface area contributed by atoms with Crippen molar-refractivity contribution < 1.29 is 42.8 Å². The van der Waals surface area contributed by atoms with Crippen molar-refractivity contribution in [2.24, 2.45) is 11.1 Å². The zero-order valence-electron chi connectivity index (χ0n) is 25.0. The Morgan fingerprint density at radius 1 is 1.18 bits per heavy atom. The Morgan fingerprint density at radius 3 is 2.57 bits per heavy atom. The van der Waals surface area contributed by atoms with Crippen LogP contribution < -0.4 is 0 Å². The summed E-state index contributed by atoms with van der Waals surface area (Å²) in [7, 11) is 1.46. The van der Waals surface area contributed by atoms with Gasteiger partial charge in [0.25, 0.3) is 0 Å². The first-order valence-corrected chi connectivity index (χ1v) is 15.0. The number of carbonyl (C=O) groups excluding carboxylic acids is 1. The highest BCUT2D eigenvalue weighted by Gasteiger charge is 2.48. The molecule has 2 saturated heterocycles. The van der Waals surface area contributed by atoms with Gasteiger partial charge in [-0.1, -0.05) is 22.0 Å². The number of hydrogen-bond acceptors (Lipinski definition) is 10. The number of ether oxygens (including phenoxy) is 3. The number of piperidine rings is 1. The molecule has 242 valence electrons. The van der Waals surface area contributed by atoms with Crippen LogP contribution >= 0.6 is 11.6 Å². The number of oxime groups is 1. The van der Waals surface area contributed by atoms with Crippen LogP contribution in [0.25, 0.3) is 11.3 Å². The number of amides is 1. The van der Waals surface area contributed by atoms with Gasteiger partial charge >= 0.3 is 6.09 Å². The van der Waals surface area contributed by atoms with Crippen molar-refractivity contribution in [1.29, 1.82) is 0 Å². The number of hydrogen-bond donors (Lipinski definition) is 2. The Balaban J connectivity index is 1.24. The van der Waals surface area contributed by atoms with Crippen LogP contribution in [0.3, 0.4) is 0 Å². The van der Waals surface area contributed by atoms with E-state index >= 15 is 0 Å². The number of aromatic nitrogens is 3. The molecule has 5 rings (SSSR count). The molecule has 15 heteroatoms. The van der Waals surface area contributed by atoms with Gasteiger partial charge in [-0.3, -0.25) is 0 Å². The maximum atomic E-state index is 14.6. The Bertz CT molecular complexity index is 1360. The van der Waals surface area contributed by atoms with Crippen molar-refractivity contribution in [2.75, 3.05) is 26.8 Å². The summed E-state index contributed by atoms with van der Waals surface area (Å²) in [5, 5.41) is 33.2. The zero-order valence-corrected chi connectivity index (χ0v) is 25.8. The van der Waals surface area contributed by atoms with E-state index in [1.807, 2.05) is 20.8 Å². The predicted octanol–water partition coefficient (Wildman–Crippen LogP) is 3.74. The predicted molar refractivity (Wildman–Crippen MR) is 154 cm³/mol. The van der Waals surface area contributed by atoms with Crippen molar-refractivity contribution in [1.82, 2.24) is 19.9 Å². The largest absolute Gasteiger partial charge is 0.444 e. The van der Waals surface area contributed by atoms with E-state index < -0.39 is 54.3 Å². The number of aliphatic hydroxyl groups excluding tert-OH is 2. The Labute approximate surface area is 258 Å². The van der Waals surface area contributed by atoms with E-state index in [-0.39, 0.29) is 34.4 Å². The van der Waals surface area contributed by atoms with Crippen LogP contribution in [0.2, 0.25) is 5.02 Å². The van der Waals surface area contributed by atoms with E-state index in [1.54, 1.807) is 4.90 Å². The molecule has 2 N–H and O–H groups in total. The summed E-state index contributed by atoms with van der Waals surface area (Å²) in [6.07, 6.45) is -0.566. The normalized spacial score (nSPS) is 28.1. The molecule has 4 heterocycles. The minimum absolute atomic E-state index is 0.0265. The molecule has 44 heavy (non-hydrogen) atoms. The molecule has 0 bridgehead atoms. The second-order valence-electron chi connectivity index (χ2n) is 12.4. The third kappa shape index (κ3) is 6.84. The second-order valence-corrected chi connectivity index (χ2v) is 12.8. The van der Waals surface area contributed by atoms with Crippen molar-refractivity contribution >= 4 is 23.4 Å². The van der Waals surface area contributed by atoms with Gasteiger partial charge in [0.1, 0.15) is 41.8 Å². The lowest BCUT2D eigenvalue weighted by Gasteiger charge is -2.44. The van der Waals surface area contributed by atoms with Gasteiger partial charge in [0, 0.05) is 44.5 Å². The van der Waals surface area contributed by atoms with E-state index in [4.69, 9.17) is 30.6 Å². The third-order valence-corrected chi connectivity index (χ3v) is 8.52. The fourth-order valence-corrected chi connectivity index (χ4v) is 6.17. The maximum Gasteiger partial charge on any atom is 0.410 e. The zero-order chi connectivity index (χ0) is 31.8. The Hall–Kier alpha value is -2.91. The highest BCUT2D eigenvalue weighted by atomic mass is 35.5. The summed E-state index contributed by atoms with van der Waals surface area (Å²) < 4.78 is 47.3. The molecule has 3 aliphatic rings. The minimum Gasteiger partial charge on any atom is -0.444 e. The van der Waals surface area contributed by atoms with Crippen molar-refractivity contribution in [3.63, 3.8) is 0 Å². The number of halogens is 3. The van der Waals surface area contributed by atoms with Crippen LogP contribution in [0.5, 0.6) is 0 Å². The van der Waals surface area contributed by atoms with Gasteiger partial charge in [0.2, 0.25) is 0 Å². The monoisotopic (exact) mass is 641 g/mol. The molecular formula is C29H38ClF2N5O7. The molecule has 0 radical (unpaired) electrons. The molecule has 0 saturated carbocycles. The van der Waals surface area contributed by atoms with Crippen molar-refractivity contribution in [3.05, 3.63) is 35.0 Å². The fraction of sp³-hybridized carbons (Fsp3) is 0.655. The van der Waals surface area contributed by atoms with Gasteiger partial charge < -0.3 is 34.2 Å². The second kappa shape index (κ2) is 13.2. The maximum absolute atomic E-state index is 14.6. The van der Waals surface area contributed by atoms with Gasteiger partial charge in [0.15, 0.2) is 11.6 Å². The Kier molecular flexibility index (Phi) is 9.75. The van der Waals surface area contributed by atoms with E-state index in [0.29, 0.717) is 25.9 Å². The third-order valence-electron chi connectivity index (χ3n) is 8.23. The van der Waals surface area contributed by atoms with Crippen LogP contribution in [-0.2, 0) is 19.0 Å². The molecule has 1 amide bonds. The van der Waals surface area contributed by atoms with E-state index in [1.165, 1.54) is 30.1 Å². The van der Waals surface area contributed by atoms with Crippen LogP contribution in [0.4, 0.5) is 13.6 Å². The average molecular weight is 642 g/mol. The highest BCUT2D eigenvalue weighted by Crippen LogP contribution is 2.37. The summed E-state index contributed by atoms with van der Waals surface area (Å²) >= 11 is 5.68. The van der Waals surface area contributed by atoms with Gasteiger partial charge in [0.05, 0.1) is 29.6 Å². The standard InChI is InChI=1S/C29H38ClF2N5O7/c1-29(2,3)43-28(40)36-9-7-15(8-10-36)19-11-16(44-34-19)12-21-27(41-4)25(26(39)22(14-38)42-21)37-13-20(33-35-37)17-5-6-18(30)24(32)23(17)31/h5-6,13,15-16,21-22,25-27,38-39H,7-12,14H2,1-4H3/t16?,21-,22-,25+,26+,27+/m1/s1. The molecule has 6 atom stereocenters. The first-order valence-electron chi connectivity index (χ1n) is 14.6. The SMILES string of the molecule is CO[C@@H]1[C@@H](n2cc(-c3ccc(Cl)c(F)c3F)nn2)[C@@H](O)[C@@H](CO)O[C@@H]1CC1CC(C2CCN(C(=O)OC(C)(C)C)CC2)=NO1. The summed E-state index contributed by atoms with van der Waals surface area (Å²) in [6, 6.07) is 1.63. The smallest absolute Gasteiger partial charge is 0.410 e. The van der Waals surface area contributed by atoms with Gasteiger partial charge in [-0.05, 0) is 45.7 Å². The molecule has 0 spiro atoms. The number of aliphatic hydroxyl groups is 2. The van der Waals surface area contributed by atoms with Crippen LogP contribution in [-0.4, -0.2) is 105 Å². The molecule has 0 aliphatic carbocycles. The molecule has 1 unspecified atom stereocenters. The lowest BCUT2D eigenvalue weighted by Crippen LogP contribution is -2.57. The summed E-state index contributed by atoms with van der Waals surface area (Å²) in [4.78, 5) is 19.9. The average Bonchev–Trinajstić information content (AvgIpc) is 3.66. The van der Waals surface area contributed by atoms with Gasteiger partial charge in [-0.15, -0.1) is 5.10 Å². The lowest BCUT2D eigenvalue weighted by atomic mass is 9.86. The van der Waals surface area contributed by atoms with Crippen molar-refractivity contribution in [2.45, 2.75) is 88.6 Å². The molecular weight excluding hydrogens is 604 g/mol. The number of benzene rings is 1. The molecule has 3 aliphatic heterocycles. The topological polar surface area (TPSA) is 141 Å². The fourth-order valence-electron chi connectivity index (χ4n) is 6.02. The first-order chi connectivity index (χ1) is 20.9. The minimum atomic E-state index is -1.26. The molecule has 1 aromatic carbocycles. The van der Waals surface area contributed by atoms with Gasteiger partial charge in [-0.25, -0.2) is 18.3 Å². The number of rotatable bonds is 7. The summed E-state index contributed by atoms with van der Waals surface area (Å²) in [5.74, 6) is -2.21. The van der Waals surface area contributed by atoms with E-state index in [0.717, 1.165) is 18.6 Å². The highest BCUT2D eigenvalue weighted by molar-refractivity contribution is 6.30. The van der Waals surface area contributed by atoms with Crippen LogP contribution in [0.1, 0.15) is 52.5 Å². The van der Waals surface area contributed by atoms with Crippen LogP contribution in [0.15, 0.2) is 23.5 Å². The quantitative estimate of drug-likeness (QED) is 0.433. The van der Waals surface area contributed by atoms with E-state index in [2.05, 4.69) is 15.5 Å². The van der Waals surface area contributed by atoms with Crippen LogP contribution in [0, 0.1) is 17.6 Å². The molecule has 2 aromatic rings. The number of nitrogens with zero attached hydrogens (tertiary/aromatic N) is 5. The van der Waals surface area contributed by atoms with E-state index in [9.17, 15) is 23.8 Å². The van der Waals surface area contributed by atoms with Crippen molar-refractivity contribution in [3.8, 4) is 11.3 Å². The number of likely N-dealkylation sites (tertiary alicyclic amines) is 1. The molecule has 1 aromatic heterocycles. The first kappa shape index (κ1) is 32.5. The lowest BCUT2D eigenvalue weighted by molar-refractivity contribution is -0.219. The number of methoxy groups -OCH3 is 1. The summed E-state index contributed by atoms with van der Waals surface area (Å²) in [6.45, 7) is 6.16.